The lowest BCUT2D eigenvalue weighted by molar-refractivity contribution is 0.0600. The maximum absolute atomic E-state index is 13.7. The Morgan fingerprint density at radius 3 is 2.08 bits per heavy atom. The maximum Gasteiger partial charge on any atom is 0.337 e. The van der Waals surface area contributed by atoms with Gasteiger partial charge in [-0.2, -0.15) is 0 Å². The molecule has 0 unspecified atom stereocenters. The zero-order valence-electron chi connectivity index (χ0n) is 14.5. The summed E-state index contributed by atoms with van der Waals surface area (Å²) in [7, 11) is -1.37. The van der Waals surface area contributed by atoms with Crippen molar-refractivity contribution in [2.45, 2.75) is 25.9 Å². The standard InChI is InChI=1S/C20H23O3P/c1-20(2,3)24(22,18-8-6-5-7-9-18)15-14-16-10-12-17(13-11-16)19(21)23-4/h5-15H,1-4H3/b15-14+/t24-/m0/s1. The number of methoxy groups -OCH3 is 1. The first-order valence-corrected chi connectivity index (χ1v) is 9.58. The molecule has 24 heavy (non-hydrogen) atoms. The number of hydrogen-bond donors (Lipinski definition) is 0. The molecule has 3 nitrogen and oxygen atoms in total. The molecule has 126 valence electrons. The van der Waals surface area contributed by atoms with Crippen LogP contribution in [-0.2, 0) is 9.30 Å². The first-order chi connectivity index (χ1) is 11.3. The minimum Gasteiger partial charge on any atom is -0.465 e. The number of ether oxygens (including phenoxy) is 1. The van der Waals surface area contributed by atoms with Crippen LogP contribution in [0.1, 0.15) is 36.7 Å². The van der Waals surface area contributed by atoms with Crippen LogP contribution in [0.2, 0.25) is 0 Å². The van der Waals surface area contributed by atoms with E-state index in [0.717, 1.165) is 10.9 Å². The van der Waals surface area contributed by atoms with Crippen LogP contribution in [0.5, 0.6) is 0 Å². The SMILES string of the molecule is COC(=O)c1ccc(/C=C/[P@](=O)(c2ccccc2)C(C)(C)C)cc1. The Kier molecular flexibility index (Phi) is 5.46. The zero-order valence-corrected chi connectivity index (χ0v) is 15.4. The molecule has 0 aliphatic carbocycles. The molecule has 0 aromatic heterocycles. The van der Waals surface area contributed by atoms with Gasteiger partial charge in [-0.05, 0) is 23.5 Å². The number of carbonyl (C=O) groups is 1. The molecule has 4 heteroatoms. The average molecular weight is 342 g/mol. The van der Waals surface area contributed by atoms with Crippen LogP contribution in [0, 0.1) is 0 Å². The van der Waals surface area contributed by atoms with Gasteiger partial charge in [0.05, 0.1) is 12.7 Å². The monoisotopic (exact) mass is 342 g/mol. The van der Waals surface area contributed by atoms with Crippen LogP contribution in [0.4, 0.5) is 0 Å². The molecule has 0 amide bonds. The van der Waals surface area contributed by atoms with E-state index in [4.69, 9.17) is 4.74 Å². The number of esters is 1. The summed E-state index contributed by atoms with van der Waals surface area (Å²) in [5, 5.41) is 0.469. The molecule has 0 aliphatic heterocycles. The predicted octanol–water partition coefficient (Wildman–Crippen LogP) is 4.93. The van der Waals surface area contributed by atoms with E-state index in [2.05, 4.69) is 0 Å². The molecule has 1 atom stereocenters. The smallest absolute Gasteiger partial charge is 0.337 e. The zero-order chi connectivity index (χ0) is 17.8. The predicted molar refractivity (Wildman–Crippen MR) is 100 cm³/mol. The van der Waals surface area contributed by atoms with Crippen LogP contribution in [0.15, 0.2) is 60.4 Å². The van der Waals surface area contributed by atoms with E-state index in [0.29, 0.717) is 5.56 Å². The highest BCUT2D eigenvalue weighted by atomic mass is 31.2. The molecule has 0 radical (unpaired) electrons. The molecule has 2 rings (SSSR count). The molecule has 0 fully saturated rings. The Balaban J connectivity index is 2.36. The summed E-state index contributed by atoms with van der Waals surface area (Å²) in [5.41, 5.74) is 1.39. The van der Waals surface area contributed by atoms with E-state index in [-0.39, 0.29) is 11.1 Å². The van der Waals surface area contributed by atoms with E-state index in [1.54, 1.807) is 12.1 Å². The normalized spacial score (nSPS) is 14.3. The van der Waals surface area contributed by atoms with E-state index in [9.17, 15) is 9.36 Å². The molecule has 0 aliphatic rings. The third-order valence-electron chi connectivity index (χ3n) is 3.95. The first-order valence-electron chi connectivity index (χ1n) is 7.81. The van der Waals surface area contributed by atoms with Crippen LogP contribution >= 0.6 is 7.14 Å². The summed E-state index contributed by atoms with van der Waals surface area (Å²) in [5.74, 6) is 1.45. The molecule has 0 saturated carbocycles. The van der Waals surface area contributed by atoms with E-state index in [1.165, 1.54) is 7.11 Å². The van der Waals surface area contributed by atoms with Crippen molar-refractivity contribution in [3.63, 3.8) is 0 Å². The third-order valence-corrected chi connectivity index (χ3v) is 7.57. The van der Waals surface area contributed by atoms with E-state index >= 15 is 0 Å². The van der Waals surface area contributed by atoms with Crippen molar-refractivity contribution in [1.29, 1.82) is 0 Å². The fourth-order valence-corrected chi connectivity index (χ4v) is 4.78. The van der Waals surface area contributed by atoms with Gasteiger partial charge in [0.1, 0.15) is 7.14 Å². The summed E-state index contributed by atoms with van der Waals surface area (Å²) in [6.07, 6.45) is 1.86. The quantitative estimate of drug-likeness (QED) is 0.584. The Morgan fingerprint density at radius 2 is 1.58 bits per heavy atom. The summed E-state index contributed by atoms with van der Waals surface area (Å²) in [6.45, 7) is 5.97. The number of hydrogen-bond acceptors (Lipinski definition) is 3. The Hall–Kier alpha value is -2.12. The maximum atomic E-state index is 13.7. The number of rotatable bonds is 4. The fraction of sp³-hybridized carbons (Fsp3) is 0.250. The highest BCUT2D eigenvalue weighted by molar-refractivity contribution is 7.76. The molecule has 0 spiro atoms. The van der Waals surface area contributed by atoms with Gasteiger partial charge < -0.3 is 9.30 Å². The summed E-state index contributed by atoms with van der Waals surface area (Å²) in [6, 6.07) is 16.6. The minimum absolute atomic E-state index is 0.366. The average Bonchev–Trinajstić information content (AvgIpc) is 2.59. The second-order valence-electron chi connectivity index (χ2n) is 6.59. The van der Waals surface area contributed by atoms with Crippen molar-refractivity contribution in [2.24, 2.45) is 0 Å². The fourth-order valence-electron chi connectivity index (χ4n) is 2.39. The second kappa shape index (κ2) is 7.19. The highest BCUT2D eigenvalue weighted by Gasteiger charge is 2.35. The van der Waals surface area contributed by atoms with Gasteiger partial charge in [-0.1, -0.05) is 69.3 Å². The van der Waals surface area contributed by atoms with Gasteiger partial charge in [0.25, 0.3) is 0 Å². The Bertz CT molecular complexity index is 769. The van der Waals surface area contributed by atoms with E-state index < -0.39 is 7.14 Å². The Morgan fingerprint density at radius 1 is 1.00 bits per heavy atom. The number of benzene rings is 2. The van der Waals surface area contributed by atoms with Crippen molar-refractivity contribution in [1.82, 2.24) is 0 Å². The van der Waals surface area contributed by atoms with Crippen molar-refractivity contribution < 1.29 is 14.1 Å². The molecule has 0 N–H and O–H groups in total. The topological polar surface area (TPSA) is 43.4 Å². The first kappa shape index (κ1) is 18.2. The van der Waals surface area contributed by atoms with Gasteiger partial charge in [0.2, 0.25) is 0 Å². The van der Waals surface area contributed by atoms with Gasteiger partial charge in [-0.3, -0.25) is 0 Å². The van der Waals surface area contributed by atoms with E-state index in [1.807, 2.05) is 75.1 Å². The van der Waals surface area contributed by atoms with Crippen LogP contribution in [0.3, 0.4) is 0 Å². The summed E-state index contributed by atoms with van der Waals surface area (Å²) < 4.78 is 18.4. The van der Waals surface area contributed by atoms with Crippen LogP contribution < -0.4 is 5.30 Å². The van der Waals surface area contributed by atoms with Gasteiger partial charge in [-0.25, -0.2) is 4.79 Å². The van der Waals surface area contributed by atoms with Crippen molar-refractivity contribution >= 4 is 24.5 Å². The molecule has 0 heterocycles. The van der Waals surface area contributed by atoms with Crippen molar-refractivity contribution in [2.75, 3.05) is 7.11 Å². The second-order valence-corrected chi connectivity index (χ2v) is 10.1. The third kappa shape index (κ3) is 3.85. The van der Waals surface area contributed by atoms with Gasteiger partial charge in [-0.15, -0.1) is 0 Å². The molecular weight excluding hydrogens is 319 g/mol. The van der Waals surface area contributed by atoms with Crippen molar-refractivity contribution in [3.05, 3.63) is 71.5 Å². The summed E-state index contributed by atoms with van der Waals surface area (Å²) >= 11 is 0. The highest BCUT2D eigenvalue weighted by Crippen LogP contribution is 2.58. The summed E-state index contributed by atoms with van der Waals surface area (Å²) in [4.78, 5) is 11.5. The lowest BCUT2D eigenvalue weighted by Crippen LogP contribution is -2.21. The molecule has 2 aromatic carbocycles. The Labute approximate surface area is 143 Å². The lowest BCUT2D eigenvalue weighted by atomic mass is 10.1. The number of carbonyl (C=O) groups excluding carboxylic acids is 1. The lowest BCUT2D eigenvalue weighted by Gasteiger charge is -2.29. The van der Waals surface area contributed by atoms with Crippen LogP contribution in [0.25, 0.3) is 6.08 Å². The minimum atomic E-state index is -2.73. The molecule has 2 aromatic rings. The van der Waals surface area contributed by atoms with Gasteiger partial charge >= 0.3 is 5.97 Å². The van der Waals surface area contributed by atoms with Crippen molar-refractivity contribution in [3.8, 4) is 0 Å². The molecule has 0 bridgehead atoms. The van der Waals surface area contributed by atoms with Gasteiger partial charge in [0.15, 0.2) is 0 Å². The largest absolute Gasteiger partial charge is 0.465 e. The molecule has 0 saturated heterocycles. The van der Waals surface area contributed by atoms with Crippen LogP contribution in [-0.4, -0.2) is 18.2 Å². The van der Waals surface area contributed by atoms with Gasteiger partial charge in [0, 0.05) is 10.5 Å². The molecular formula is C20H23O3P.